The molecule has 1 saturated heterocycles. The van der Waals surface area contributed by atoms with Gasteiger partial charge >= 0.3 is 0 Å². The molecule has 0 aromatic rings. The standard InChI is InChI=1S/C11H18N2O/c1-8(14)11-10-6-4-3-5-9(7-12-10)13(11)2/h3-4,9-12H,5-7H2,1-2H3/b4-3-. The molecule has 2 bridgehead atoms. The lowest BCUT2D eigenvalue weighted by molar-refractivity contribution is -0.124. The highest BCUT2D eigenvalue weighted by Crippen LogP contribution is 2.21. The van der Waals surface area contributed by atoms with E-state index in [0.717, 1.165) is 19.4 Å². The summed E-state index contributed by atoms with van der Waals surface area (Å²) in [6.45, 7) is 2.71. The van der Waals surface area contributed by atoms with Gasteiger partial charge in [0.25, 0.3) is 0 Å². The molecule has 3 aliphatic heterocycles. The van der Waals surface area contributed by atoms with Crippen molar-refractivity contribution in [1.82, 2.24) is 10.2 Å². The first-order valence-electron chi connectivity index (χ1n) is 5.31. The molecule has 0 aliphatic carbocycles. The van der Waals surface area contributed by atoms with E-state index in [4.69, 9.17) is 0 Å². The third-order valence-corrected chi connectivity index (χ3v) is 3.39. The van der Waals surface area contributed by atoms with Gasteiger partial charge in [0.05, 0.1) is 6.04 Å². The Morgan fingerprint density at radius 1 is 1.43 bits per heavy atom. The van der Waals surface area contributed by atoms with E-state index in [1.807, 2.05) is 0 Å². The number of nitrogens with one attached hydrogen (secondary N) is 1. The van der Waals surface area contributed by atoms with Crippen molar-refractivity contribution >= 4 is 5.78 Å². The Balaban J connectivity index is 2.25. The Bertz CT molecular complexity index is 262. The summed E-state index contributed by atoms with van der Waals surface area (Å²) in [5, 5.41) is 3.47. The third kappa shape index (κ3) is 1.62. The molecule has 1 fully saturated rings. The van der Waals surface area contributed by atoms with Gasteiger partial charge in [-0.1, -0.05) is 12.2 Å². The monoisotopic (exact) mass is 194 g/mol. The molecule has 3 heteroatoms. The highest BCUT2D eigenvalue weighted by molar-refractivity contribution is 5.82. The van der Waals surface area contributed by atoms with E-state index in [9.17, 15) is 4.79 Å². The van der Waals surface area contributed by atoms with Crippen LogP contribution in [0.15, 0.2) is 12.2 Å². The van der Waals surface area contributed by atoms with Crippen LogP contribution < -0.4 is 5.32 Å². The van der Waals surface area contributed by atoms with Crippen molar-refractivity contribution in [2.75, 3.05) is 13.6 Å². The molecule has 0 amide bonds. The van der Waals surface area contributed by atoms with Crippen LogP contribution in [0.2, 0.25) is 0 Å². The molecular formula is C11H18N2O. The fourth-order valence-corrected chi connectivity index (χ4v) is 2.58. The van der Waals surface area contributed by atoms with Crippen LogP contribution in [0.5, 0.6) is 0 Å². The zero-order valence-electron chi connectivity index (χ0n) is 8.86. The fraction of sp³-hybridized carbons (Fsp3) is 0.727. The molecule has 0 spiro atoms. The number of nitrogens with zero attached hydrogens (tertiary/aromatic N) is 1. The summed E-state index contributed by atoms with van der Waals surface area (Å²) in [6, 6.07) is 0.862. The van der Waals surface area contributed by atoms with Gasteiger partial charge in [0.15, 0.2) is 0 Å². The lowest BCUT2D eigenvalue weighted by atomic mass is 9.91. The summed E-state index contributed by atoms with van der Waals surface area (Å²) >= 11 is 0. The Kier molecular flexibility index (Phi) is 2.70. The first-order chi connectivity index (χ1) is 6.70. The van der Waals surface area contributed by atoms with Crippen LogP contribution in [0.1, 0.15) is 19.8 Å². The summed E-state index contributed by atoms with van der Waals surface area (Å²) in [5.41, 5.74) is 0. The van der Waals surface area contributed by atoms with Gasteiger partial charge in [-0.25, -0.2) is 0 Å². The minimum absolute atomic E-state index is 0.0682. The van der Waals surface area contributed by atoms with E-state index in [1.165, 1.54) is 0 Å². The normalized spacial score (nSPS) is 40.3. The maximum absolute atomic E-state index is 11.6. The number of rotatable bonds is 1. The van der Waals surface area contributed by atoms with Gasteiger partial charge in [-0.3, -0.25) is 9.69 Å². The summed E-state index contributed by atoms with van der Waals surface area (Å²) < 4.78 is 0. The van der Waals surface area contributed by atoms with Crippen LogP contribution >= 0.6 is 0 Å². The smallest absolute Gasteiger partial charge is 0.148 e. The molecule has 1 N–H and O–H groups in total. The second-order valence-electron chi connectivity index (χ2n) is 4.33. The van der Waals surface area contributed by atoms with E-state index >= 15 is 0 Å². The molecule has 3 heterocycles. The molecule has 0 saturated carbocycles. The maximum Gasteiger partial charge on any atom is 0.148 e. The number of hydrogen-bond acceptors (Lipinski definition) is 3. The average Bonchev–Trinajstić information content (AvgIpc) is 2.06. The number of likely N-dealkylation sites (N-methyl/N-ethyl adjacent to an activating group) is 1. The molecule has 3 unspecified atom stereocenters. The molecular weight excluding hydrogens is 176 g/mol. The highest BCUT2D eigenvalue weighted by atomic mass is 16.1. The number of Topliss-reactive ketones (excluding diaryl/α,β-unsaturated/α-hetero) is 1. The van der Waals surface area contributed by atoms with Gasteiger partial charge in [0, 0.05) is 18.6 Å². The van der Waals surface area contributed by atoms with Crippen LogP contribution in [0.4, 0.5) is 0 Å². The van der Waals surface area contributed by atoms with Crippen molar-refractivity contribution in [3.63, 3.8) is 0 Å². The fourth-order valence-electron chi connectivity index (χ4n) is 2.58. The summed E-state index contributed by atoms with van der Waals surface area (Å²) in [5.74, 6) is 0.282. The molecule has 3 atom stereocenters. The van der Waals surface area contributed by atoms with E-state index in [0.29, 0.717) is 12.1 Å². The number of hydrogen-bond donors (Lipinski definition) is 1. The predicted octanol–water partition coefficient (Wildman–Crippen LogP) is 0.566. The highest BCUT2D eigenvalue weighted by Gasteiger charge is 2.37. The first kappa shape index (κ1) is 9.87. The summed E-state index contributed by atoms with van der Waals surface area (Å²) in [7, 11) is 2.07. The Hall–Kier alpha value is -0.670. The van der Waals surface area contributed by atoms with Crippen molar-refractivity contribution in [2.45, 2.75) is 37.9 Å². The Morgan fingerprint density at radius 2 is 2.14 bits per heavy atom. The van der Waals surface area contributed by atoms with Gasteiger partial charge in [-0.05, 0) is 26.8 Å². The van der Waals surface area contributed by atoms with Gasteiger partial charge in [0.1, 0.15) is 5.78 Å². The molecule has 3 aliphatic rings. The lowest BCUT2D eigenvalue weighted by Crippen LogP contribution is -2.63. The number of ketones is 1. The second-order valence-corrected chi connectivity index (χ2v) is 4.33. The van der Waals surface area contributed by atoms with Crippen molar-refractivity contribution in [3.8, 4) is 0 Å². The SMILES string of the molecule is CC(=O)C1C2C/C=C\CC(CN2)N1C. The van der Waals surface area contributed by atoms with Crippen molar-refractivity contribution in [3.05, 3.63) is 12.2 Å². The Morgan fingerprint density at radius 3 is 2.86 bits per heavy atom. The number of piperazine rings is 1. The molecule has 3 nitrogen and oxygen atoms in total. The molecule has 14 heavy (non-hydrogen) atoms. The first-order valence-corrected chi connectivity index (χ1v) is 5.31. The van der Waals surface area contributed by atoms with Gasteiger partial charge in [-0.2, -0.15) is 0 Å². The molecule has 78 valence electrons. The topological polar surface area (TPSA) is 32.3 Å². The van der Waals surface area contributed by atoms with Crippen molar-refractivity contribution in [2.24, 2.45) is 0 Å². The minimum atomic E-state index is 0.0682. The van der Waals surface area contributed by atoms with E-state index < -0.39 is 0 Å². The van der Waals surface area contributed by atoms with E-state index in [2.05, 4.69) is 29.4 Å². The second kappa shape index (κ2) is 3.83. The number of carbonyl (C=O) groups excluding carboxylic acids is 1. The van der Waals surface area contributed by atoms with Crippen LogP contribution in [0, 0.1) is 0 Å². The van der Waals surface area contributed by atoms with Crippen LogP contribution in [-0.2, 0) is 4.79 Å². The molecule has 3 rings (SSSR count). The summed E-state index contributed by atoms with van der Waals surface area (Å²) in [6.07, 6.45) is 6.47. The number of fused-ring (bicyclic) bond motifs is 4. The minimum Gasteiger partial charge on any atom is -0.310 e. The lowest BCUT2D eigenvalue weighted by Gasteiger charge is -2.44. The predicted molar refractivity (Wildman–Crippen MR) is 56.2 cm³/mol. The van der Waals surface area contributed by atoms with E-state index in [1.54, 1.807) is 6.92 Å². The zero-order chi connectivity index (χ0) is 10.1. The van der Waals surface area contributed by atoms with Crippen molar-refractivity contribution in [1.29, 1.82) is 0 Å². The molecule has 0 radical (unpaired) electrons. The maximum atomic E-state index is 11.6. The Labute approximate surface area is 85.2 Å². The van der Waals surface area contributed by atoms with Gasteiger partial charge in [0.2, 0.25) is 0 Å². The average molecular weight is 194 g/mol. The quantitative estimate of drug-likeness (QED) is 0.619. The van der Waals surface area contributed by atoms with Crippen molar-refractivity contribution < 1.29 is 4.79 Å². The van der Waals surface area contributed by atoms with Gasteiger partial charge in [-0.15, -0.1) is 0 Å². The largest absolute Gasteiger partial charge is 0.310 e. The molecule has 0 aromatic carbocycles. The zero-order valence-corrected chi connectivity index (χ0v) is 8.86. The van der Waals surface area contributed by atoms with Crippen LogP contribution in [-0.4, -0.2) is 42.4 Å². The van der Waals surface area contributed by atoms with E-state index in [-0.39, 0.29) is 11.8 Å². The molecule has 0 aromatic heterocycles. The number of carbonyl (C=O) groups is 1. The third-order valence-electron chi connectivity index (χ3n) is 3.39. The summed E-state index contributed by atoms with van der Waals surface area (Å²) in [4.78, 5) is 13.8. The van der Waals surface area contributed by atoms with Crippen LogP contribution in [0.25, 0.3) is 0 Å². The van der Waals surface area contributed by atoms with Gasteiger partial charge < -0.3 is 5.32 Å². The van der Waals surface area contributed by atoms with Crippen LogP contribution in [0.3, 0.4) is 0 Å².